The molecule has 1 amide bonds. The highest BCUT2D eigenvalue weighted by Gasteiger charge is 2.34. The maximum atomic E-state index is 13.4. The fourth-order valence-corrected chi connectivity index (χ4v) is 5.86. The number of carbonyl (C=O) groups excluding carboxylic acids is 1. The average molecular weight is 501 g/mol. The fraction of sp³-hybridized carbons (Fsp3) is 0.464. The number of morpholine rings is 1. The third-order valence-corrected chi connectivity index (χ3v) is 8.10. The van der Waals surface area contributed by atoms with E-state index < -0.39 is 0 Å². The number of hydrogen-bond acceptors (Lipinski definition) is 6. The van der Waals surface area contributed by atoms with Gasteiger partial charge in [0.1, 0.15) is 5.65 Å². The molecule has 1 aromatic carbocycles. The van der Waals surface area contributed by atoms with Gasteiger partial charge in [-0.25, -0.2) is 4.98 Å². The Morgan fingerprint density at radius 3 is 2.89 bits per heavy atom. The van der Waals surface area contributed by atoms with E-state index in [-0.39, 0.29) is 18.1 Å². The summed E-state index contributed by atoms with van der Waals surface area (Å²) in [7, 11) is 3.69. The summed E-state index contributed by atoms with van der Waals surface area (Å²) < 4.78 is 15.7. The number of rotatable bonds is 5. The summed E-state index contributed by atoms with van der Waals surface area (Å²) >= 11 is 0. The van der Waals surface area contributed by atoms with Crippen molar-refractivity contribution in [2.75, 3.05) is 33.4 Å². The zero-order chi connectivity index (χ0) is 25.1. The molecule has 7 rings (SSSR count). The van der Waals surface area contributed by atoms with Crippen LogP contribution in [0.3, 0.4) is 0 Å². The molecule has 0 unspecified atom stereocenters. The van der Waals surface area contributed by atoms with Crippen LogP contribution in [-0.2, 0) is 18.3 Å². The Labute approximate surface area is 215 Å². The molecule has 0 spiro atoms. The van der Waals surface area contributed by atoms with Crippen LogP contribution in [0.4, 0.5) is 0 Å². The summed E-state index contributed by atoms with van der Waals surface area (Å²) in [5.41, 5.74) is 4.47. The molecule has 37 heavy (non-hydrogen) atoms. The summed E-state index contributed by atoms with van der Waals surface area (Å²) in [5.74, 6) is 2.22. The number of benzene rings is 1. The molecule has 2 atom stereocenters. The number of carbonyl (C=O) groups is 1. The Morgan fingerprint density at radius 2 is 2.05 bits per heavy atom. The molecule has 3 fully saturated rings. The molecule has 2 aliphatic heterocycles. The maximum absolute atomic E-state index is 13.4. The van der Waals surface area contributed by atoms with Crippen molar-refractivity contribution in [1.82, 2.24) is 29.3 Å². The third-order valence-electron chi connectivity index (χ3n) is 8.10. The van der Waals surface area contributed by atoms with Gasteiger partial charge in [-0.05, 0) is 55.5 Å². The molecule has 4 aromatic rings. The second-order valence-electron chi connectivity index (χ2n) is 10.6. The lowest BCUT2D eigenvalue weighted by atomic mass is 9.99. The molecular weight excluding hydrogens is 468 g/mol. The minimum Gasteiger partial charge on any atom is -0.481 e. The first-order valence-corrected chi connectivity index (χ1v) is 13.2. The van der Waals surface area contributed by atoms with Crippen molar-refractivity contribution in [3.8, 4) is 17.4 Å². The number of fused-ring (bicyclic) bond motifs is 3. The van der Waals surface area contributed by atoms with Crippen molar-refractivity contribution in [2.24, 2.45) is 13.0 Å². The highest BCUT2D eigenvalue weighted by molar-refractivity contribution is 5.98. The van der Waals surface area contributed by atoms with Gasteiger partial charge in [0.15, 0.2) is 5.82 Å². The molecule has 9 nitrogen and oxygen atoms in total. The predicted molar refractivity (Wildman–Crippen MR) is 141 cm³/mol. The summed E-state index contributed by atoms with van der Waals surface area (Å²) in [5, 5.41) is 4.58. The lowest BCUT2D eigenvalue weighted by Crippen LogP contribution is -2.59. The molecule has 0 radical (unpaired) electrons. The average Bonchev–Trinajstić information content (AvgIpc) is 3.61. The minimum absolute atomic E-state index is 0.0547. The minimum atomic E-state index is 0.0547. The second kappa shape index (κ2) is 8.85. The molecule has 5 heterocycles. The molecule has 1 N–H and O–H groups in total. The van der Waals surface area contributed by atoms with E-state index in [0.29, 0.717) is 30.5 Å². The number of aromatic nitrogens is 4. The summed E-state index contributed by atoms with van der Waals surface area (Å²) in [6.45, 7) is 3.89. The van der Waals surface area contributed by atoms with Gasteiger partial charge in [-0.2, -0.15) is 4.98 Å². The van der Waals surface area contributed by atoms with Gasteiger partial charge in [0.25, 0.3) is 5.91 Å². The van der Waals surface area contributed by atoms with Gasteiger partial charge in [-0.3, -0.25) is 4.79 Å². The Balaban J connectivity index is 1.24. The number of ether oxygens (including phenoxy) is 2. The first-order valence-electron chi connectivity index (χ1n) is 13.2. The van der Waals surface area contributed by atoms with Crippen molar-refractivity contribution >= 4 is 28.0 Å². The van der Waals surface area contributed by atoms with Crippen LogP contribution >= 0.6 is 0 Å². The molecule has 3 aromatic heterocycles. The van der Waals surface area contributed by atoms with Crippen molar-refractivity contribution in [2.45, 2.75) is 38.0 Å². The van der Waals surface area contributed by atoms with Gasteiger partial charge in [-0.15, -0.1) is 0 Å². The molecule has 9 heteroatoms. The van der Waals surface area contributed by atoms with Gasteiger partial charge in [0.2, 0.25) is 5.88 Å². The summed E-state index contributed by atoms with van der Waals surface area (Å²) in [6.07, 6.45) is 3.56. The van der Waals surface area contributed by atoms with Gasteiger partial charge in [0.05, 0.1) is 42.6 Å². The summed E-state index contributed by atoms with van der Waals surface area (Å²) in [4.78, 5) is 25.2. The number of hydrogen-bond donors (Lipinski definition) is 1. The smallest absolute Gasteiger partial charge is 0.253 e. The van der Waals surface area contributed by atoms with Gasteiger partial charge >= 0.3 is 0 Å². The van der Waals surface area contributed by atoms with Crippen LogP contribution in [0.1, 0.15) is 29.6 Å². The van der Waals surface area contributed by atoms with Gasteiger partial charge in [0, 0.05) is 50.2 Å². The van der Waals surface area contributed by atoms with E-state index in [0.717, 1.165) is 59.7 Å². The molecule has 1 saturated carbocycles. The van der Waals surface area contributed by atoms with E-state index in [4.69, 9.17) is 19.4 Å². The lowest BCUT2D eigenvalue weighted by Gasteiger charge is -2.41. The van der Waals surface area contributed by atoms with Crippen molar-refractivity contribution in [3.05, 3.63) is 42.0 Å². The molecule has 3 aliphatic rings. The highest BCUT2D eigenvalue weighted by atomic mass is 16.5. The van der Waals surface area contributed by atoms with Crippen LogP contribution in [0.15, 0.2) is 36.4 Å². The Kier molecular flexibility index (Phi) is 5.44. The number of likely N-dealkylation sites (tertiary alicyclic amines) is 1. The predicted octanol–water partition coefficient (Wildman–Crippen LogP) is 3.21. The van der Waals surface area contributed by atoms with Gasteiger partial charge in [-0.1, -0.05) is 0 Å². The normalized spacial score (nSPS) is 21.9. The maximum Gasteiger partial charge on any atom is 0.253 e. The van der Waals surface area contributed by atoms with Crippen LogP contribution in [0.2, 0.25) is 0 Å². The molecule has 0 bridgehead atoms. The first kappa shape index (κ1) is 22.7. The number of amides is 1. The Bertz CT molecular complexity index is 1500. The summed E-state index contributed by atoms with van der Waals surface area (Å²) in [6, 6.07) is 12.2. The quantitative estimate of drug-likeness (QED) is 0.453. The fourth-order valence-electron chi connectivity index (χ4n) is 5.86. The number of nitrogens with one attached hydrogen (secondary N) is 1. The third kappa shape index (κ3) is 3.97. The number of piperidine rings is 1. The van der Waals surface area contributed by atoms with Crippen molar-refractivity contribution in [3.63, 3.8) is 0 Å². The molecule has 192 valence electrons. The lowest BCUT2D eigenvalue weighted by molar-refractivity contribution is -0.0383. The Morgan fingerprint density at radius 1 is 1.16 bits per heavy atom. The Hall–Kier alpha value is -3.43. The number of aryl methyl sites for hydroxylation is 1. The van der Waals surface area contributed by atoms with Crippen LogP contribution in [-0.4, -0.2) is 75.4 Å². The van der Waals surface area contributed by atoms with Crippen LogP contribution in [0.5, 0.6) is 5.88 Å². The van der Waals surface area contributed by atoms with Crippen LogP contribution < -0.4 is 10.1 Å². The topological polar surface area (TPSA) is 86.4 Å². The van der Waals surface area contributed by atoms with Gasteiger partial charge < -0.3 is 28.8 Å². The number of nitrogens with zero attached hydrogens (tertiary/aromatic N) is 5. The molecule has 1 aliphatic carbocycles. The van der Waals surface area contributed by atoms with E-state index in [2.05, 4.69) is 26.6 Å². The van der Waals surface area contributed by atoms with Crippen molar-refractivity contribution in [1.29, 1.82) is 0 Å². The molecule has 2 saturated heterocycles. The monoisotopic (exact) mass is 500 g/mol. The number of methoxy groups -OCH3 is 1. The SMILES string of the molecule is COc1ccc2cc(-c3nc4cc(C(=O)N5CC[C@H]6OCCN[C@H]6C5)ccc4n3C)n(CC3CC3)c2n1. The highest BCUT2D eigenvalue weighted by Crippen LogP contribution is 2.36. The van der Waals surface area contributed by atoms with E-state index in [1.165, 1.54) is 12.8 Å². The number of imidazole rings is 1. The van der Waals surface area contributed by atoms with Crippen molar-refractivity contribution < 1.29 is 14.3 Å². The van der Waals surface area contributed by atoms with E-state index in [9.17, 15) is 4.79 Å². The van der Waals surface area contributed by atoms with E-state index in [1.807, 2.05) is 36.2 Å². The zero-order valence-electron chi connectivity index (χ0n) is 21.3. The zero-order valence-corrected chi connectivity index (χ0v) is 21.3. The first-order chi connectivity index (χ1) is 18.1. The van der Waals surface area contributed by atoms with E-state index >= 15 is 0 Å². The second-order valence-corrected chi connectivity index (χ2v) is 10.6. The molecular formula is C28H32N6O3. The van der Waals surface area contributed by atoms with E-state index in [1.54, 1.807) is 7.11 Å². The standard InChI is InChI=1S/C28H32N6O3/c1-32-22-7-5-19(28(35)33-11-9-24-21(16-33)29-10-12-37-24)13-20(22)30-27(32)23-14-18-6-8-25(36-2)31-26(18)34(23)15-17-3-4-17/h5-8,13-14,17,21,24,29H,3-4,9-12,15-16H2,1-2H3/t21-,24+/m0/s1. The van der Waals surface area contributed by atoms with Crippen LogP contribution in [0.25, 0.3) is 33.6 Å². The van der Waals surface area contributed by atoms with Crippen LogP contribution in [0, 0.1) is 5.92 Å². The largest absolute Gasteiger partial charge is 0.481 e. The number of pyridine rings is 1.